The molecule has 156 valence electrons. The van der Waals surface area contributed by atoms with Gasteiger partial charge in [0.1, 0.15) is 0 Å². The molecule has 0 bridgehead atoms. The van der Waals surface area contributed by atoms with E-state index in [9.17, 15) is 4.79 Å². The van der Waals surface area contributed by atoms with Crippen LogP contribution in [0, 0.1) is 11.8 Å². The number of guanidine groups is 1. The highest BCUT2D eigenvalue weighted by Crippen LogP contribution is 2.18. The van der Waals surface area contributed by atoms with Gasteiger partial charge in [0.05, 0.1) is 12.5 Å². The van der Waals surface area contributed by atoms with Gasteiger partial charge in [-0.25, -0.2) is 0 Å². The topological polar surface area (TPSA) is 60.4 Å². The number of nitrogens with one attached hydrogen (secondary N) is 1. The predicted molar refractivity (Wildman–Crippen MR) is 110 cm³/mol. The lowest BCUT2D eigenvalue weighted by molar-refractivity contribution is -0.149. The first-order chi connectivity index (χ1) is 13.1. The van der Waals surface area contributed by atoms with Gasteiger partial charge in [0, 0.05) is 59.4 Å². The SMILES string of the molecule is CCOC(=O)C1CCCN(C(=NC)NCC(C)CN2CCN(CC)CC2)C1. The number of esters is 1. The Kier molecular flexibility index (Phi) is 9.34. The number of likely N-dealkylation sites (tertiary alicyclic amines) is 1. The summed E-state index contributed by atoms with van der Waals surface area (Å²) in [5, 5.41) is 3.53. The van der Waals surface area contributed by atoms with Crippen LogP contribution in [0.3, 0.4) is 0 Å². The van der Waals surface area contributed by atoms with Gasteiger partial charge in [-0.2, -0.15) is 0 Å². The van der Waals surface area contributed by atoms with E-state index in [1.807, 2.05) is 14.0 Å². The second kappa shape index (κ2) is 11.5. The molecule has 2 aliphatic heterocycles. The molecule has 0 spiro atoms. The number of aliphatic imine (C=N–C) groups is 1. The standard InChI is InChI=1S/C20H39N5O2/c1-5-23-10-12-24(13-11-23)15-17(3)14-22-20(21-4)25-9-7-8-18(16-25)19(26)27-6-2/h17-18H,5-16H2,1-4H3,(H,21,22). The third-order valence-electron chi connectivity index (χ3n) is 5.64. The van der Waals surface area contributed by atoms with Crippen molar-refractivity contribution in [1.29, 1.82) is 0 Å². The van der Waals surface area contributed by atoms with Gasteiger partial charge in [0.25, 0.3) is 0 Å². The van der Waals surface area contributed by atoms with Gasteiger partial charge in [-0.1, -0.05) is 13.8 Å². The Hall–Kier alpha value is -1.34. The predicted octanol–water partition coefficient (Wildman–Crippen LogP) is 1.11. The van der Waals surface area contributed by atoms with Crippen LogP contribution in [0.4, 0.5) is 0 Å². The highest BCUT2D eigenvalue weighted by Gasteiger charge is 2.28. The summed E-state index contributed by atoms with van der Waals surface area (Å²) in [6.07, 6.45) is 1.91. The number of rotatable bonds is 7. The van der Waals surface area contributed by atoms with Crippen molar-refractivity contribution in [2.45, 2.75) is 33.6 Å². The molecule has 27 heavy (non-hydrogen) atoms. The maximum atomic E-state index is 12.1. The van der Waals surface area contributed by atoms with Crippen molar-refractivity contribution in [2.75, 3.05) is 72.6 Å². The van der Waals surface area contributed by atoms with Crippen molar-refractivity contribution in [3.63, 3.8) is 0 Å². The van der Waals surface area contributed by atoms with Crippen LogP contribution in [0.2, 0.25) is 0 Å². The molecule has 0 aliphatic carbocycles. The molecule has 2 rings (SSSR count). The molecule has 2 aliphatic rings. The average Bonchev–Trinajstić information content (AvgIpc) is 2.69. The lowest BCUT2D eigenvalue weighted by atomic mass is 9.98. The number of ether oxygens (including phenoxy) is 1. The molecule has 2 unspecified atom stereocenters. The summed E-state index contributed by atoms with van der Waals surface area (Å²) in [6.45, 7) is 16.4. The Morgan fingerprint density at radius 1 is 1.19 bits per heavy atom. The van der Waals surface area contributed by atoms with E-state index in [0.29, 0.717) is 19.1 Å². The van der Waals surface area contributed by atoms with Crippen LogP contribution in [-0.4, -0.2) is 99.2 Å². The molecule has 0 aromatic rings. The maximum Gasteiger partial charge on any atom is 0.310 e. The van der Waals surface area contributed by atoms with Crippen LogP contribution in [0.1, 0.15) is 33.6 Å². The molecular formula is C20H39N5O2. The minimum absolute atomic E-state index is 0.0375. The van der Waals surface area contributed by atoms with E-state index in [1.165, 1.54) is 26.2 Å². The molecule has 2 saturated heterocycles. The van der Waals surface area contributed by atoms with E-state index in [0.717, 1.165) is 45.0 Å². The molecule has 0 saturated carbocycles. The van der Waals surface area contributed by atoms with Crippen molar-refractivity contribution in [1.82, 2.24) is 20.0 Å². The van der Waals surface area contributed by atoms with Gasteiger partial charge in [0.15, 0.2) is 5.96 Å². The third kappa shape index (κ3) is 6.96. The van der Waals surface area contributed by atoms with Crippen LogP contribution in [0.25, 0.3) is 0 Å². The Labute approximate surface area is 165 Å². The zero-order chi connectivity index (χ0) is 19.6. The number of piperazine rings is 1. The molecular weight excluding hydrogens is 342 g/mol. The zero-order valence-electron chi connectivity index (χ0n) is 17.7. The lowest BCUT2D eigenvalue weighted by Gasteiger charge is -2.36. The number of hydrogen-bond acceptors (Lipinski definition) is 5. The Morgan fingerprint density at radius 3 is 2.52 bits per heavy atom. The molecule has 1 N–H and O–H groups in total. The van der Waals surface area contributed by atoms with Crippen LogP contribution in [0.15, 0.2) is 4.99 Å². The van der Waals surface area contributed by atoms with E-state index in [4.69, 9.17) is 4.74 Å². The fourth-order valence-corrected chi connectivity index (χ4v) is 4.01. The van der Waals surface area contributed by atoms with Crippen LogP contribution in [-0.2, 0) is 9.53 Å². The summed E-state index contributed by atoms with van der Waals surface area (Å²) in [5.74, 6) is 1.36. The zero-order valence-corrected chi connectivity index (χ0v) is 17.7. The highest BCUT2D eigenvalue weighted by molar-refractivity contribution is 5.81. The summed E-state index contributed by atoms with van der Waals surface area (Å²) >= 11 is 0. The summed E-state index contributed by atoms with van der Waals surface area (Å²) in [6, 6.07) is 0. The van der Waals surface area contributed by atoms with Gasteiger partial charge < -0.3 is 24.8 Å². The van der Waals surface area contributed by atoms with E-state index >= 15 is 0 Å². The number of piperidine rings is 1. The van der Waals surface area contributed by atoms with Gasteiger partial charge in [0.2, 0.25) is 0 Å². The van der Waals surface area contributed by atoms with Crippen molar-refractivity contribution < 1.29 is 9.53 Å². The summed E-state index contributed by atoms with van der Waals surface area (Å²) in [5.41, 5.74) is 0. The Balaban J connectivity index is 1.75. The highest BCUT2D eigenvalue weighted by atomic mass is 16.5. The van der Waals surface area contributed by atoms with Gasteiger partial charge in [-0.3, -0.25) is 9.79 Å². The fraction of sp³-hybridized carbons (Fsp3) is 0.900. The molecule has 2 fully saturated rings. The maximum absolute atomic E-state index is 12.1. The van der Waals surface area contributed by atoms with E-state index < -0.39 is 0 Å². The van der Waals surface area contributed by atoms with Gasteiger partial charge in [-0.15, -0.1) is 0 Å². The summed E-state index contributed by atoms with van der Waals surface area (Å²) in [4.78, 5) is 23.8. The largest absolute Gasteiger partial charge is 0.466 e. The lowest BCUT2D eigenvalue weighted by Crippen LogP contribution is -2.50. The molecule has 2 heterocycles. The Morgan fingerprint density at radius 2 is 1.89 bits per heavy atom. The first-order valence-electron chi connectivity index (χ1n) is 10.6. The fourth-order valence-electron chi connectivity index (χ4n) is 4.01. The number of nitrogens with zero attached hydrogens (tertiary/aromatic N) is 4. The van der Waals surface area contributed by atoms with E-state index in [1.54, 1.807) is 0 Å². The van der Waals surface area contributed by atoms with Crippen LogP contribution >= 0.6 is 0 Å². The average molecular weight is 382 g/mol. The second-order valence-electron chi connectivity index (χ2n) is 7.81. The van der Waals surface area contributed by atoms with Crippen molar-refractivity contribution in [3.05, 3.63) is 0 Å². The molecule has 2 atom stereocenters. The first kappa shape index (κ1) is 22.0. The molecule has 0 amide bonds. The first-order valence-corrected chi connectivity index (χ1v) is 10.6. The minimum Gasteiger partial charge on any atom is -0.466 e. The molecule has 7 nitrogen and oxygen atoms in total. The normalized spacial score (nSPS) is 23.9. The Bertz CT molecular complexity index is 477. The van der Waals surface area contributed by atoms with Crippen molar-refractivity contribution >= 4 is 11.9 Å². The second-order valence-corrected chi connectivity index (χ2v) is 7.81. The van der Waals surface area contributed by atoms with Gasteiger partial charge >= 0.3 is 5.97 Å². The molecule has 0 aromatic carbocycles. The molecule has 0 aromatic heterocycles. The summed E-state index contributed by atoms with van der Waals surface area (Å²) < 4.78 is 5.21. The monoisotopic (exact) mass is 381 g/mol. The minimum atomic E-state index is -0.0720. The van der Waals surface area contributed by atoms with E-state index in [-0.39, 0.29) is 11.9 Å². The van der Waals surface area contributed by atoms with Crippen LogP contribution < -0.4 is 5.32 Å². The molecule has 0 radical (unpaired) electrons. The number of likely N-dealkylation sites (N-methyl/N-ethyl adjacent to an activating group) is 1. The smallest absolute Gasteiger partial charge is 0.310 e. The number of carbonyl (C=O) groups is 1. The number of hydrogen-bond donors (Lipinski definition) is 1. The van der Waals surface area contributed by atoms with Crippen molar-refractivity contribution in [3.8, 4) is 0 Å². The molecule has 7 heteroatoms. The quantitative estimate of drug-likeness (QED) is 0.405. The summed E-state index contributed by atoms with van der Waals surface area (Å²) in [7, 11) is 1.82. The van der Waals surface area contributed by atoms with E-state index in [2.05, 4.69) is 38.9 Å². The van der Waals surface area contributed by atoms with Crippen molar-refractivity contribution in [2.24, 2.45) is 16.8 Å². The number of carbonyl (C=O) groups excluding carboxylic acids is 1. The van der Waals surface area contributed by atoms with Crippen LogP contribution in [0.5, 0.6) is 0 Å². The van der Waals surface area contributed by atoms with Gasteiger partial charge in [-0.05, 0) is 32.2 Å². The third-order valence-corrected chi connectivity index (χ3v) is 5.64.